The van der Waals surface area contributed by atoms with Crippen LogP contribution in [-0.4, -0.2) is 52.3 Å². The molecule has 4 aliphatic heterocycles. The molecule has 0 amide bonds. The van der Waals surface area contributed by atoms with Gasteiger partial charge in [-0.3, -0.25) is 4.57 Å². The van der Waals surface area contributed by atoms with Gasteiger partial charge in [0.05, 0.1) is 0 Å². The molecule has 1 saturated carbocycles. The SMILES string of the molecule is CC1CN1P(=O)(N1CC2CCC(CC2)C1)N1CC1C. The Labute approximate surface area is 116 Å². The zero-order valence-electron chi connectivity index (χ0n) is 12.2. The van der Waals surface area contributed by atoms with Crippen LogP contribution in [0.3, 0.4) is 0 Å². The van der Waals surface area contributed by atoms with Gasteiger partial charge in [-0.1, -0.05) is 0 Å². The van der Waals surface area contributed by atoms with E-state index in [9.17, 15) is 4.57 Å². The van der Waals surface area contributed by atoms with Crippen LogP contribution in [0.15, 0.2) is 0 Å². The molecule has 108 valence electrons. The first-order valence-electron chi connectivity index (χ1n) is 7.98. The average Bonchev–Trinajstić information content (AvgIpc) is 3.25. The molecule has 0 radical (unpaired) electrons. The summed E-state index contributed by atoms with van der Waals surface area (Å²) in [5.74, 6) is 1.61. The monoisotopic (exact) mass is 283 g/mol. The third kappa shape index (κ3) is 2.03. The van der Waals surface area contributed by atoms with Crippen LogP contribution in [0, 0.1) is 11.8 Å². The lowest BCUT2D eigenvalue weighted by Crippen LogP contribution is -2.32. The van der Waals surface area contributed by atoms with E-state index in [0.29, 0.717) is 12.1 Å². The highest BCUT2D eigenvalue weighted by Gasteiger charge is 2.58. The summed E-state index contributed by atoms with van der Waals surface area (Å²) in [5, 5.41) is 0. The minimum Gasteiger partial charge on any atom is -0.270 e. The van der Waals surface area contributed by atoms with Crippen molar-refractivity contribution in [2.24, 2.45) is 11.8 Å². The maximum Gasteiger partial charge on any atom is 0.287 e. The number of hydrogen-bond donors (Lipinski definition) is 0. The maximum absolute atomic E-state index is 13.8. The van der Waals surface area contributed by atoms with Crippen molar-refractivity contribution in [3.8, 4) is 0 Å². The van der Waals surface area contributed by atoms with Gasteiger partial charge < -0.3 is 0 Å². The van der Waals surface area contributed by atoms with E-state index in [0.717, 1.165) is 38.0 Å². The van der Waals surface area contributed by atoms with E-state index in [4.69, 9.17) is 0 Å². The molecule has 4 unspecified atom stereocenters. The summed E-state index contributed by atoms with van der Waals surface area (Å²) in [6.45, 7) is 8.67. The lowest BCUT2D eigenvalue weighted by molar-refractivity contribution is 0.326. The molecule has 5 aliphatic rings. The quantitative estimate of drug-likeness (QED) is 0.587. The zero-order chi connectivity index (χ0) is 13.2. The zero-order valence-corrected chi connectivity index (χ0v) is 13.1. The van der Waals surface area contributed by atoms with Crippen molar-refractivity contribution in [3.63, 3.8) is 0 Å². The van der Waals surface area contributed by atoms with Gasteiger partial charge >= 0.3 is 0 Å². The summed E-state index contributed by atoms with van der Waals surface area (Å²) in [5.41, 5.74) is 0. The predicted molar refractivity (Wildman–Crippen MR) is 77.0 cm³/mol. The van der Waals surface area contributed by atoms with Crippen molar-refractivity contribution in [3.05, 3.63) is 0 Å². The van der Waals surface area contributed by atoms with Gasteiger partial charge in [-0.2, -0.15) is 0 Å². The van der Waals surface area contributed by atoms with E-state index in [1.54, 1.807) is 0 Å². The second-order valence-corrected chi connectivity index (χ2v) is 9.83. The van der Waals surface area contributed by atoms with Crippen LogP contribution in [0.25, 0.3) is 0 Å². The second kappa shape index (κ2) is 4.30. The number of rotatable bonds is 3. The van der Waals surface area contributed by atoms with Crippen molar-refractivity contribution in [1.29, 1.82) is 0 Å². The van der Waals surface area contributed by atoms with E-state index in [1.807, 2.05) is 0 Å². The Hall–Kier alpha value is 0.110. The van der Waals surface area contributed by atoms with Gasteiger partial charge in [-0.15, -0.1) is 0 Å². The van der Waals surface area contributed by atoms with Crippen LogP contribution < -0.4 is 0 Å². The lowest BCUT2D eigenvalue weighted by atomic mass is 9.84. The Bertz CT molecular complexity index is 387. The first-order valence-corrected chi connectivity index (χ1v) is 9.55. The van der Waals surface area contributed by atoms with Crippen LogP contribution in [0.2, 0.25) is 0 Å². The highest BCUT2D eigenvalue weighted by atomic mass is 31.2. The van der Waals surface area contributed by atoms with Gasteiger partial charge in [0, 0.05) is 38.3 Å². The summed E-state index contributed by atoms with van der Waals surface area (Å²) >= 11 is 0. The predicted octanol–water partition coefficient (Wildman–Crippen LogP) is 2.62. The molecule has 19 heavy (non-hydrogen) atoms. The van der Waals surface area contributed by atoms with Crippen molar-refractivity contribution in [1.82, 2.24) is 14.0 Å². The molecule has 2 bridgehead atoms. The number of hydrogen-bond acceptors (Lipinski definition) is 1. The Kier molecular flexibility index (Phi) is 2.90. The van der Waals surface area contributed by atoms with Gasteiger partial charge in [0.25, 0.3) is 7.59 Å². The van der Waals surface area contributed by atoms with E-state index >= 15 is 0 Å². The second-order valence-electron chi connectivity index (χ2n) is 7.21. The normalized spacial score (nSPS) is 52.5. The lowest BCUT2D eigenvalue weighted by Gasteiger charge is -2.34. The molecule has 0 spiro atoms. The Morgan fingerprint density at radius 2 is 1.16 bits per heavy atom. The number of fused-ring (bicyclic) bond motifs is 4. The average molecular weight is 283 g/mol. The van der Waals surface area contributed by atoms with Gasteiger partial charge in [-0.05, 0) is 51.4 Å². The molecule has 5 fully saturated rings. The van der Waals surface area contributed by atoms with Crippen LogP contribution >= 0.6 is 7.59 Å². The Morgan fingerprint density at radius 1 is 0.789 bits per heavy atom. The molecular formula is C14H26N3OP. The van der Waals surface area contributed by atoms with Crippen LogP contribution in [0.1, 0.15) is 39.5 Å². The van der Waals surface area contributed by atoms with E-state index < -0.39 is 7.59 Å². The highest BCUT2D eigenvalue weighted by Crippen LogP contribution is 2.67. The van der Waals surface area contributed by atoms with E-state index in [-0.39, 0.29) is 0 Å². The fourth-order valence-electron chi connectivity index (χ4n) is 4.13. The standard InChI is InChI=1S/C14H26N3OP/c1-11-7-16(11)19(18,17-8-12(17)2)15-9-13-3-4-14(10-15)6-5-13/h11-14H,3-10H2,1-2H3. The molecule has 0 aromatic carbocycles. The van der Waals surface area contributed by atoms with Crippen LogP contribution in [0.5, 0.6) is 0 Å². The third-order valence-corrected chi connectivity index (χ3v) is 9.11. The summed E-state index contributed by atoms with van der Waals surface area (Å²) in [4.78, 5) is 0. The van der Waals surface area contributed by atoms with Gasteiger partial charge in [0.1, 0.15) is 0 Å². The molecule has 5 heteroatoms. The molecule has 5 rings (SSSR count). The van der Waals surface area contributed by atoms with E-state index in [2.05, 4.69) is 27.9 Å². The van der Waals surface area contributed by atoms with Crippen LogP contribution in [-0.2, 0) is 4.57 Å². The number of nitrogens with zero attached hydrogens (tertiary/aromatic N) is 3. The Balaban J connectivity index is 1.62. The van der Waals surface area contributed by atoms with Crippen molar-refractivity contribution in [2.75, 3.05) is 26.2 Å². The van der Waals surface area contributed by atoms with Gasteiger partial charge in [-0.25, -0.2) is 14.0 Å². The van der Waals surface area contributed by atoms with Crippen molar-refractivity contribution >= 4 is 7.59 Å². The smallest absolute Gasteiger partial charge is 0.270 e. The van der Waals surface area contributed by atoms with Crippen molar-refractivity contribution in [2.45, 2.75) is 51.6 Å². The molecular weight excluding hydrogens is 257 g/mol. The molecule has 0 aromatic heterocycles. The highest BCUT2D eigenvalue weighted by molar-refractivity contribution is 7.57. The van der Waals surface area contributed by atoms with Crippen LogP contribution in [0.4, 0.5) is 0 Å². The van der Waals surface area contributed by atoms with Crippen molar-refractivity contribution < 1.29 is 4.57 Å². The minimum absolute atomic E-state index is 0.527. The Morgan fingerprint density at radius 3 is 1.47 bits per heavy atom. The first kappa shape index (κ1) is 12.8. The molecule has 0 aromatic rings. The minimum atomic E-state index is -2.39. The largest absolute Gasteiger partial charge is 0.287 e. The van der Waals surface area contributed by atoms with Gasteiger partial charge in [0.2, 0.25) is 0 Å². The topological polar surface area (TPSA) is 26.3 Å². The molecule has 4 heterocycles. The first-order chi connectivity index (χ1) is 9.09. The molecule has 1 aliphatic carbocycles. The maximum atomic E-state index is 13.8. The summed E-state index contributed by atoms with van der Waals surface area (Å²) < 4.78 is 20.7. The molecule has 0 N–H and O–H groups in total. The molecule has 4 atom stereocenters. The summed E-state index contributed by atoms with van der Waals surface area (Å²) in [7, 11) is -2.39. The molecule has 4 saturated heterocycles. The van der Waals surface area contributed by atoms with E-state index in [1.165, 1.54) is 25.7 Å². The summed E-state index contributed by atoms with van der Waals surface area (Å²) in [6, 6.07) is 1.05. The van der Waals surface area contributed by atoms with Gasteiger partial charge in [0.15, 0.2) is 0 Å². The third-order valence-electron chi connectivity index (χ3n) is 5.59. The molecule has 4 nitrogen and oxygen atoms in total. The fourth-order valence-corrected chi connectivity index (χ4v) is 7.88. The summed E-state index contributed by atoms with van der Waals surface area (Å²) in [6.07, 6.45) is 5.47. The fraction of sp³-hybridized carbons (Fsp3) is 1.00.